The SMILES string of the molecule is [Na].[Na].c1cc[pH]c1. The van der Waals surface area contributed by atoms with Gasteiger partial charge < -0.3 is 0 Å². The van der Waals surface area contributed by atoms with E-state index in [4.69, 9.17) is 0 Å². The quantitative estimate of drug-likeness (QED) is 0.459. The molecule has 0 aliphatic rings. The second-order valence-electron chi connectivity index (χ2n) is 0.885. The van der Waals surface area contributed by atoms with Crippen LogP contribution in [0.4, 0.5) is 0 Å². The van der Waals surface area contributed by atoms with Crippen molar-refractivity contribution in [2.24, 2.45) is 0 Å². The molecule has 0 N–H and O–H groups in total. The fourth-order valence-corrected chi connectivity index (χ4v) is 0.833. The van der Waals surface area contributed by atoms with Gasteiger partial charge in [0, 0.05) is 59.1 Å². The molecule has 0 fully saturated rings. The molecule has 0 aliphatic heterocycles. The van der Waals surface area contributed by atoms with Crippen molar-refractivity contribution in [2.45, 2.75) is 0 Å². The fraction of sp³-hybridized carbons (Fsp3) is 0. The molecule has 0 nitrogen and oxygen atoms in total. The molecular weight excluding hydrogens is 125 g/mol. The largest absolute Gasteiger partial charge is 0.140 e. The van der Waals surface area contributed by atoms with Gasteiger partial charge in [0.25, 0.3) is 0 Å². The molecule has 0 atom stereocenters. The summed E-state index contributed by atoms with van der Waals surface area (Å²) in [5, 5.41) is 0. The maximum Gasteiger partial charge on any atom is 0 e. The van der Waals surface area contributed by atoms with Crippen LogP contribution in [0.15, 0.2) is 23.7 Å². The summed E-state index contributed by atoms with van der Waals surface area (Å²) in [6, 6.07) is 4.14. The van der Waals surface area contributed by atoms with Gasteiger partial charge in [-0.15, -0.1) is 8.19 Å². The van der Waals surface area contributed by atoms with Crippen molar-refractivity contribution >= 4 is 67.3 Å². The van der Waals surface area contributed by atoms with E-state index < -0.39 is 0 Å². The third-order valence-corrected chi connectivity index (χ3v) is 1.27. The van der Waals surface area contributed by atoms with Crippen LogP contribution in [0.2, 0.25) is 0 Å². The monoisotopic (exact) mass is 130 g/mol. The van der Waals surface area contributed by atoms with Gasteiger partial charge in [-0.05, 0) is 11.6 Å². The van der Waals surface area contributed by atoms with Crippen molar-refractivity contribution < 1.29 is 0 Å². The standard InChI is InChI=1S/C4H5P.2Na/c1-2-4-5-3-1;;/h1-5H;;. The molecule has 1 rings (SSSR count). The van der Waals surface area contributed by atoms with Crippen molar-refractivity contribution in [1.29, 1.82) is 0 Å². The normalized spacial score (nSPS) is 5.71. The van der Waals surface area contributed by atoms with Crippen LogP contribution in [-0.2, 0) is 0 Å². The van der Waals surface area contributed by atoms with Gasteiger partial charge in [-0.25, -0.2) is 0 Å². The number of hydrogen-bond acceptors (Lipinski definition) is 0. The minimum atomic E-state index is 0. The molecule has 3 heteroatoms. The predicted octanol–water partition coefficient (Wildman–Crippen LogP) is 0.956. The Hall–Kier alpha value is 1.78. The zero-order chi connectivity index (χ0) is 3.54. The molecular formula is C4H5Na2P. The summed E-state index contributed by atoms with van der Waals surface area (Å²) in [4.78, 5) is 0. The molecule has 0 spiro atoms. The maximum absolute atomic E-state index is 2.15. The Kier molecular flexibility index (Phi) is 12.8. The minimum absolute atomic E-state index is 0. The summed E-state index contributed by atoms with van der Waals surface area (Å²) in [5.41, 5.74) is 0. The van der Waals surface area contributed by atoms with Crippen molar-refractivity contribution in [1.82, 2.24) is 0 Å². The van der Waals surface area contributed by atoms with Crippen LogP contribution < -0.4 is 0 Å². The number of hydrogen-bond donors (Lipinski definition) is 0. The maximum atomic E-state index is 2.15. The molecule has 0 aliphatic carbocycles. The van der Waals surface area contributed by atoms with Gasteiger partial charge in [0.1, 0.15) is 0 Å². The molecule has 0 amide bonds. The third-order valence-electron chi connectivity index (χ3n) is 0.496. The average molecular weight is 130 g/mol. The molecule has 0 saturated heterocycles. The Labute approximate surface area is 89.7 Å². The van der Waals surface area contributed by atoms with Crippen LogP contribution in [0.25, 0.3) is 0 Å². The molecule has 0 unspecified atom stereocenters. The van der Waals surface area contributed by atoms with Gasteiger partial charge in [-0.2, -0.15) is 0 Å². The van der Waals surface area contributed by atoms with Crippen molar-refractivity contribution in [3.8, 4) is 0 Å². The first-order valence-corrected chi connectivity index (χ1v) is 2.73. The first-order valence-electron chi connectivity index (χ1n) is 1.58. The molecule has 1 aromatic rings. The molecule has 2 radical (unpaired) electrons. The second-order valence-corrected chi connectivity index (χ2v) is 1.88. The Morgan fingerprint density at radius 3 is 1.43 bits per heavy atom. The summed E-state index contributed by atoms with van der Waals surface area (Å²) >= 11 is 0. The van der Waals surface area contributed by atoms with E-state index in [1.807, 2.05) is 0 Å². The Balaban J connectivity index is 0. The van der Waals surface area contributed by atoms with E-state index in [0.29, 0.717) is 0 Å². The summed E-state index contributed by atoms with van der Waals surface area (Å²) < 4.78 is 0. The van der Waals surface area contributed by atoms with Gasteiger partial charge in [-0.3, -0.25) is 0 Å². The van der Waals surface area contributed by atoms with Crippen LogP contribution in [0.3, 0.4) is 0 Å². The topological polar surface area (TPSA) is 0 Å². The summed E-state index contributed by atoms with van der Waals surface area (Å²) in [7, 11) is 0.948. The van der Waals surface area contributed by atoms with E-state index in [9.17, 15) is 0 Å². The van der Waals surface area contributed by atoms with Crippen LogP contribution >= 0.6 is 8.19 Å². The van der Waals surface area contributed by atoms with E-state index in [-0.39, 0.29) is 59.1 Å². The molecule has 1 aromatic heterocycles. The van der Waals surface area contributed by atoms with Crippen LogP contribution in [-0.4, -0.2) is 59.1 Å². The molecule has 7 heavy (non-hydrogen) atoms. The van der Waals surface area contributed by atoms with E-state index >= 15 is 0 Å². The van der Waals surface area contributed by atoms with Crippen molar-refractivity contribution in [3.05, 3.63) is 23.7 Å². The molecule has 0 saturated carbocycles. The van der Waals surface area contributed by atoms with Gasteiger partial charge in [0.15, 0.2) is 0 Å². The minimum Gasteiger partial charge on any atom is -0.140 e. The summed E-state index contributed by atoms with van der Waals surface area (Å²) in [6.07, 6.45) is 0. The Bertz CT molecular complexity index is 66.2. The molecule has 0 aromatic carbocycles. The van der Waals surface area contributed by atoms with E-state index in [2.05, 4.69) is 23.7 Å². The fourth-order valence-electron chi connectivity index (χ4n) is 0.278. The second kappa shape index (κ2) is 7.78. The molecule has 28 valence electrons. The zero-order valence-corrected chi connectivity index (χ0v) is 9.81. The first kappa shape index (κ1) is 11.6. The van der Waals surface area contributed by atoms with Crippen LogP contribution in [0.5, 0.6) is 0 Å². The van der Waals surface area contributed by atoms with E-state index in [1.54, 1.807) is 0 Å². The van der Waals surface area contributed by atoms with Crippen molar-refractivity contribution in [2.75, 3.05) is 0 Å². The average Bonchev–Trinajstić information content (AvgIpc) is 1.76. The molecule has 0 bridgehead atoms. The van der Waals surface area contributed by atoms with Crippen LogP contribution in [0.1, 0.15) is 0 Å². The first-order chi connectivity index (χ1) is 2.50. The predicted molar refractivity (Wildman–Crippen MR) is 37.5 cm³/mol. The van der Waals surface area contributed by atoms with Gasteiger partial charge in [0.05, 0.1) is 0 Å². The Morgan fingerprint density at radius 1 is 0.857 bits per heavy atom. The van der Waals surface area contributed by atoms with Gasteiger partial charge in [-0.1, -0.05) is 12.1 Å². The van der Waals surface area contributed by atoms with Gasteiger partial charge in [0.2, 0.25) is 0 Å². The van der Waals surface area contributed by atoms with Crippen LogP contribution in [0, 0.1) is 0 Å². The summed E-state index contributed by atoms with van der Waals surface area (Å²) in [6.45, 7) is 0. The van der Waals surface area contributed by atoms with Gasteiger partial charge >= 0.3 is 0 Å². The van der Waals surface area contributed by atoms with E-state index in [0.717, 1.165) is 8.19 Å². The number of rotatable bonds is 0. The van der Waals surface area contributed by atoms with Crippen molar-refractivity contribution in [3.63, 3.8) is 0 Å². The third kappa shape index (κ3) is 5.65. The molecule has 1 heterocycles. The zero-order valence-electron chi connectivity index (χ0n) is 4.81. The Morgan fingerprint density at radius 2 is 1.29 bits per heavy atom. The smallest absolute Gasteiger partial charge is 0 e. The summed E-state index contributed by atoms with van der Waals surface area (Å²) in [5.74, 6) is 4.31. The van der Waals surface area contributed by atoms with E-state index in [1.165, 1.54) is 0 Å².